The molecule has 2 heteroatoms. The molecule has 2 atom stereocenters. The number of nitrogens with two attached hydrogens (primary N) is 1. The number of halogens is 1. The monoisotopic (exact) mass is 233 g/mol. The molecule has 1 aliphatic carbocycles. The predicted octanol–water partition coefficient (Wildman–Crippen LogP) is 3.21. The van der Waals surface area contributed by atoms with E-state index in [1.165, 1.54) is 44.9 Å². The highest BCUT2D eigenvalue weighted by atomic mass is 79.9. The largest absolute Gasteiger partial charge is 0.328 e. The number of alkyl halides is 1. The summed E-state index contributed by atoms with van der Waals surface area (Å²) >= 11 is 3.79. The predicted molar refractivity (Wildman–Crippen MR) is 57.6 cm³/mol. The van der Waals surface area contributed by atoms with E-state index in [4.69, 9.17) is 5.73 Å². The summed E-state index contributed by atoms with van der Waals surface area (Å²) in [5.74, 6) is 0. The van der Waals surface area contributed by atoms with Crippen LogP contribution < -0.4 is 5.73 Å². The van der Waals surface area contributed by atoms with Crippen LogP contribution in [-0.4, -0.2) is 10.4 Å². The van der Waals surface area contributed by atoms with E-state index >= 15 is 0 Å². The Balaban J connectivity index is 2.37. The van der Waals surface area contributed by atoms with Crippen molar-refractivity contribution in [3.8, 4) is 0 Å². The maximum Gasteiger partial charge on any atom is 0.0229 e. The molecule has 1 fully saturated rings. The van der Waals surface area contributed by atoms with E-state index in [0.29, 0.717) is 10.4 Å². The summed E-state index contributed by atoms with van der Waals surface area (Å²) < 4.78 is 0.386. The van der Waals surface area contributed by atoms with Crippen LogP contribution in [0.25, 0.3) is 0 Å². The Hall–Kier alpha value is 0.440. The summed E-state index contributed by atoms with van der Waals surface area (Å²) in [6.07, 6.45) is 8.94. The number of hydrogen-bond donors (Lipinski definition) is 1. The van der Waals surface area contributed by atoms with Crippen molar-refractivity contribution < 1.29 is 0 Å². The summed E-state index contributed by atoms with van der Waals surface area (Å²) in [5.41, 5.74) is 5.95. The van der Waals surface area contributed by atoms with E-state index in [1.54, 1.807) is 0 Å². The van der Waals surface area contributed by atoms with Gasteiger partial charge in [-0.1, -0.05) is 35.2 Å². The van der Waals surface area contributed by atoms with Gasteiger partial charge in [0.15, 0.2) is 0 Å². The van der Waals surface area contributed by atoms with Gasteiger partial charge in [0.05, 0.1) is 0 Å². The molecule has 0 aromatic carbocycles. The Bertz CT molecular complexity index is 134. The van der Waals surface area contributed by atoms with E-state index < -0.39 is 0 Å². The second kappa shape index (κ2) is 4.61. The fourth-order valence-electron chi connectivity index (χ4n) is 1.90. The fourth-order valence-corrected chi connectivity index (χ4v) is 2.46. The zero-order valence-electron chi connectivity index (χ0n) is 7.98. The summed E-state index contributed by atoms with van der Waals surface area (Å²) in [6, 6.07) is 0.464. The number of rotatable bonds is 0. The van der Waals surface area contributed by atoms with Crippen LogP contribution >= 0.6 is 15.9 Å². The quantitative estimate of drug-likeness (QED) is 0.640. The van der Waals surface area contributed by atoms with Gasteiger partial charge in [-0.05, 0) is 32.6 Å². The van der Waals surface area contributed by atoms with E-state index in [-0.39, 0.29) is 0 Å². The molecule has 2 N–H and O–H groups in total. The van der Waals surface area contributed by atoms with Crippen molar-refractivity contribution in [2.75, 3.05) is 0 Å². The molecule has 1 nitrogen and oxygen atoms in total. The molecule has 0 spiro atoms. The first kappa shape index (κ1) is 10.5. The van der Waals surface area contributed by atoms with Gasteiger partial charge in [-0.15, -0.1) is 0 Å². The third kappa shape index (κ3) is 3.90. The highest BCUT2D eigenvalue weighted by Gasteiger charge is 2.21. The minimum atomic E-state index is 0.386. The lowest BCUT2D eigenvalue weighted by atomic mass is 9.99. The molecule has 1 saturated carbocycles. The second-order valence-electron chi connectivity index (χ2n) is 4.31. The van der Waals surface area contributed by atoms with Crippen LogP contribution in [-0.2, 0) is 0 Å². The molecule has 0 aromatic heterocycles. The summed E-state index contributed by atoms with van der Waals surface area (Å²) in [7, 11) is 0. The summed E-state index contributed by atoms with van der Waals surface area (Å²) in [5, 5.41) is 0. The van der Waals surface area contributed by atoms with Crippen molar-refractivity contribution in [2.45, 2.75) is 62.2 Å². The average Bonchev–Trinajstić information content (AvgIpc) is 2.02. The molecule has 0 radical (unpaired) electrons. The van der Waals surface area contributed by atoms with E-state index in [0.717, 1.165) is 0 Å². The van der Waals surface area contributed by atoms with Crippen molar-refractivity contribution in [3.05, 3.63) is 0 Å². The van der Waals surface area contributed by atoms with Gasteiger partial charge in [-0.2, -0.15) is 0 Å². The molecule has 1 rings (SSSR count). The van der Waals surface area contributed by atoms with Crippen molar-refractivity contribution in [3.63, 3.8) is 0 Å². The lowest BCUT2D eigenvalue weighted by Crippen LogP contribution is -2.19. The fraction of sp³-hybridized carbons (Fsp3) is 1.00. The zero-order chi connectivity index (χ0) is 9.03. The van der Waals surface area contributed by atoms with Crippen LogP contribution in [0.15, 0.2) is 0 Å². The lowest BCUT2D eigenvalue weighted by molar-refractivity contribution is 0.513. The molecule has 0 aliphatic heterocycles. The Labute approximate surface area is 84.2 Å². The van der Waals surface area contributed by atoms with Crippen LogP contribution in [0.3, 0.4) is 0 Å². The summed E-state index contributed by atoms with van der Waals surface area (Å²) in [6.45, 7) is 2.31. The van der Waals surface area contributed by atoms with Gasteiger partial charge >= 0.3 is 0 Å². The van der Waals surface area contributed by atoms with Crippen LogP contribution in [0.2, 0.25) is 0 Å². The molecule has 2 unspecified atom stereocenters. The van der Waals surface area contributed by atoms with Crippen LogP contribution in [0.1, 0.15) is 51.9 Å². The molecular weight excluding hydrogens is 214 g/mol. The number of hydrogen-bond acceptors (Lipinski definition) is 1. The van der Waals surface area contributed by atoms with Gasteiger partial charge < -0.3 is 5.73 Å². The smallest absolute Gasteiger partial charge is 0.0229 e. The molecule has 0 saturated heterocycles. The van der Waals surface area contributed by atoms with Gasteiger partial charge in [0, 0.05) is 10.4 Å². The molecule has 12 heavy (non-hydrogen) atoms. The standard InChI is InChI=1S/C10H20BrN/c1-10(11)7-3-2-5-9(12)6-4-8-10/h9H,2-8,12H2,1H3. The van der Waals surface area contributed by atoms with Gasteiger partial charge in [0.1, 0.15) is 0 Å². The van der Waals surface area contributed by atoms with E-state index in [2.05, 4.69) is 22.9 Å². The minimum Gasteiger partial charge on any atom is -0.328 e. The first-order valence-corrected chi connectivity index (χ1v) is 5.84. The molecule has 1 aliphatic rings. The average molecular weight is 234 g/mol. The van der Waals surface area contributed by atoms with Crippen molar-refractivity contribution in [1.29, 1.82) is 0 Å². The van der Waals surface area contributed by atoms with E-state index in [9.17, 15) is 0 Å². The Morgan fingerprint density at radius 2 is 1.75 bits per heavy atom. The maximum absolute atomic E-state index is 5.95. The first-order chi connectivity index (χ1) is 5.60. The Kier molecular flexibility index (Phi) is 4.04. The second-order valence-corrected chi connectivity index (χ2v) is 6.23. The van der Waals surface area contributed by atoms with Gasteiger partial charge in [0.25, 0.3) is 0 Å². The van der Waals surface area contributed by atoms with Crippen LogP contribution in [0.4, 0.5) is 0 Å². The first-order valence-electron chi connectivity index (χ1n) is 5.05. The van der Waals surface area contributed by atoms with Crippen molar-refractivity contribution in [2.24, 2.45) is 5.73 Å². The third-order valence-electron chi connectivity index (χ3n) is 2.80. The minimum absolute atomic E-state index is 0.386. The molecule has 72 valence electrons. The van der Waals surface area contributed by atoms with Gasteiger partial charge in [-0.3, -0.25) is 0 Å². The lowest BCUT2D eigenvalue weighted by Gasteiger charge is -2.21. The Morgan fingerprint density at radius 3 is 2.50 bits per heavy atom. The van der Waals surface area contributed by atoms with Gasteiger partial charge in [-0.25, -0.2) is 0 Å². The van der Waals surface area contributed by atoms with E-state index in [1.807, 2.05) is 0 Å². The van der Waals surface area contributed by atoms with Crippen molar-refractivity contribution in [1.82, 2.24) is 0 Å². The SMILES string of the molecule is CC1(Br)CCCCC(N)CCC1. The normalized spacial score (nSPS) is 39.8. The molecular formula is C10H20BrN. The van der Waals surface area contributed by atoms with Crippen molar-refractivity contribution >= 4 is 15.9 Å². The van der Waals surface area contributed by atoms with Crippen LogP contribution in [0, 0.1) is 0 Å². The Morgan fingerprint density at radius 1 is 1.17 bits per heavy atom. The van der Waals surface area contributed by atoms with Crippen LogP contribution in [0.5, 0.6) is 0 Å². The highest BCUT2D eigenvalue weighted by Crippen LogP contribution is 2.32. The topological polar surface area (TPSA) is 26.0 Å². The molecule has 0 heterocycles. The molecule has 0 bridgehead atoms. The maximum atomic E-state index is 5.95. The van der Waals surface area contributed by atoms with Gasteiger partial charge in [0.2, 0.25) is 0 Å². The molecule has 0 amide bonds. The summed E-state index contributed by atoms with van der Waals surface area (Å²) in [4.78, 5) is 0. The molecule has 0 aromatic rings. The third-order valence-corrected chi connectivity index (χ3v) is 3.59. The zero-order valence-corrected chi connectivity index (χ0v) is 9.57. The highest BCUT2D eigenvalue weighted by molar-refractivity contribution is 9.10.